The highest BCUT2D eigenvalue weighted by Crippen LogP contribution is 2.30. The van der Waals surface area contributed by atoms with Crippen LogP contribution < -0.4 is 10.1 Å². The monoisotopic (exact) mass is 522 g/mol. The fraction of sp³-hybridized carbons (Fsp3) is 0.233. The van der Waals surface area contributed by atoms with Crippen molar-refractivity contribution in [2.75, 3.05) is 26.0 Å². The Kier molecular flexibility index (Phi) is 7.77. The Morgan fingerprint density at radius 1 is 1.13 bits per heavy atom. The molecule has 4 aromatic rings. The molecule has 0 bridgehead atoms. The average molecular weight is 523 g/mol. The van der Waals surface area contributed by atoms with E-state index in [4.69, 9.17) is 4.74 Å². The number of aromatic nitrogens is 3. The first-order valence-corrected chi connectivity index (χ1v) is 12.4. The Labute approximate surface area is 227 Å². The van der Waals surface area contributed by atoms with Crippen LogP contribution in [0.15, 0.2) is 73.3 Å². The number of carbonyl (C=O) groups is 2. The largest absolute Gasteiger partial charge is 0.483 e. The van der Waals surface area contributed by atoms with E-state index in [-0.39, 0.29) is 18.4 Å². The van der Waals surface area contributed by atoms with Gasteiger partial charge < -0.3 is 15.0 Å². The summed E-state index contributed by atoms with van der Waals surface area (Å²) in [5.74, 6) is 0.105. The van der Waals surface area contributed by atoms with Gasteiger partial charge in [0.2, 0.25) is 0 Å². The van der Waals surface area contributed by atoms with Gasteiger partial charge in [-0.1, -0.05) is 18.2 Å². The maximum atomic E-state index is 13.0. The number of pyridine rings is 1. The van der Waals surface area contributed by atoms with Gasteiger partial charge in [0.15, 0.2) is 6.61 Å². The molecular weight excluding hydrogens is 492 g/mol. The molecule has 0 unspecified atom stereocenters. The second kappa shape index (κ2) is 11.2. The van der Waals surface area contributed by atoms with Crippen LogP contribution in [0.3, 0.4) is 0 Å². The zero-order chi connectivity index (χ0) is 28.2. The molecule has 0 spiro atoms. The molecule has 2 amide bonds. The summed E-state index contributed by atoms with van der Waals surface area (Å²) in [6, 6.07) is 16.7. The van der Waals surface area contributed by atoms with Crippen LogP contribution in [0.25, 0.3) is 16.8 Å². The summed E-state index contributed by atoms with van der Waals surface area (Å²) in [6.07, 6.45) is 6.82. The quantitative estimate of drug-likeness (QED) is 0.357. The van der Waals surface area contributed by atoms with E-state index in [0.29, 0.717) is 22.6 Å². The van der Waals surface area contributed by atoms with Gasteiger partial charge in [-0.05, 0) is 62.2 Å². The zero-order valence-electron chi connectivity index (χ0n) is 22.6. The summed E-state index contributed by atoms with van der Waals surface area (Å²) in [5, 5.41) is 16.9. The predicted molar refractivity (Wildman–Crippen MR) is 149 cm³/mol. The van der Waals surface area contributed by atoms with Crippen molar-refractivity contribution in [1.29, 1.82) is 5.26 Å². The van der Waals surface area contributed by atoms with Crippen LogP contribution in [0.2, 0.25) is 0 Å². The molecule has 198 valence electrons. The molecule has 0 radical (unpaired) electrons. The first-order valence-electron chi connectivity index (χ1n) is 12.4. The normalized spacial score (nSPS) is 11.0. The summed E-state index contributed by atoms with van der Waals surface area (Å²) in [4.78, 5) is 30.7. The van der Waals surface area contributed by atoms with Crippen molar-refractivity contribution in [1.82, 2.24) is 19.7 Å². The van der Waals surface area contributed by atoms with Crippen LogP contribution in [-0.2, 0) is 10.2 Å². The van der Waals surface area contributed by atoms with Gasteiger partial charge in [-0.2, -0.15) is 10.4 Å². The number of ether oxygens (including phenoxy) is 1. The van der Waals surface area contributed by atoms with Crippen molar-refractivity contribution in [2.24, 2.45) is 0 Å². The highest BCUT2D eigenvalue weighted by molar-refractivity contribution is 6.04. The molecule has 0 saturated heterocycles. The minimum atomic E-state index is -0.702. The van der Waals surface area contributed by atoms with Crippen LogP contribution >= 0.6 is 0 Å². The van der Waals surface area contributed by atoms with Gasteiger partial charge in [-0.25, -0.2) is 4.68 Å². The van der Waals surface area contributed by atoms with Crippen LogP contribution in [-0.4, -0.2) is 52.2 Å². The number of rotatable bonds is 8. The molecule has 0 atom stereocenters. The van der Waals surface area contributed by atoms with Crippen LogP contribution in [0.5, 0.6) is 5.75 Å². The molecule has 9 heteroatoms. The Morgan fingerprint density at radius 2 is 1.92 bits per heavy atom. The summed E-state index contributed by atoms with van der Waals surface area (Å²) >= 11 is 0. The summed E-state index contributed by atoms with van der Waals surface area (Å²) in [7, 11) is 3.35. The number of hydrogen-bond donors (Lipinski definition) is 1. The molecule has 2 heterocycles. The molecule has 39 heavy (non-hydrogen) atoms. The number of likely N-dealkylation sites (N-methyl/N-ethyl adjacent to an activating group) is 1. The summed E-state index contributed by atoms with van der Waals surface area (Å²) in [6.45, 7) is 5.51. The van der Waals surface area contributed by atoms with Crippen molar-refractivity contribution in [3.63, 3.8) is 0 Å². The smallest absolute Gasteiger partial charge is 0.259 e. The lowest BCUT2D eigenvalue weighted by Gasteiger charge is -2.16. The minimum Gasteiger partial charge on any atom is -0.483 e. The number of nitrogens with one attached hydrogen (secondary N) is 1. The molecule has 0 fully saturated rings. The summed E-state index contributed by atoms with van der Waals surface area (Å²) in [5.41, 5.74) is 4.36. The lowest BCUT2D eigenvalue weighted by Crippen LogP contribution is -2.27. The molecule has 4 rings (SSSR count). The topological polar surface area (TPSA) is 113 Å². The number of nitriles is 1. The van der Waals surface area contributed by atoms with E-state index in [1.54, 1.807) is 61.6 Å². The number of amides is 2. The van der Waals surface area contributed by atoms with E-state index in [9.17, 15) is 14.9 Å². The standard InChI is InChI=1S/C30H30N6O3/c1-20-9-10-24(34-29(38)21-7-6-8-23(13-21)30(2,3)19-31)14-26(20)36-17-22(15-33-36)25-16-32-12-11-27(25)39-18-28(37)35(4)5/h6-17H,18H2,1-5H3,(H,34,38). The Bertz CT molecular complexity index is 1560. The van der Waals surface area contributed by atoms with Crippen LogP contribution in [0, 0.1) is 18.3 Å². The van der Waals surface area contributed by atoms with Crippen LogP contribution in [0.4, 0.5) is 5.69 Å². The third-order valence-corrected chi connectivity index (χ3v) is 6.36. The molecule has 9 nitrogen and oxygen atoms in total. The van der Waals surface area contributed by atoms with Gasteiger partial charge in [-0.3, -0.25) is 14.6 Å². The first-order chi connectivity index (χ1) is 18.6. The number of anilines is 1. The second-order valence-corrected chi connectivity index (χ2v) is 9.90. The van der Waals surface area contributed by atoms with Crippen molar-refractivity contribution >= 4 is 17.5 Å². The van der Waals surface area contributed by atoms with E-state index in [1.807, 2.05) is 51.2 Å². The van der Waals surface area contributed by atoms with E-state index in [2.05, 4.69) is 21.5 Å². The van der Waals surface area contributed by atoms with Gasteiger partial charge >= 0.3 is 0 Å². The maximum absolute atomic E-state index is 13.0. The lowest BCUT2D eigenvalue weighted by atomic mass is 9.85. The molecule has 0 aliphatic rings. The van der Waals surface area contributed by atoms with E-state index in [1.165, 1.54) is 4.90 Å². The van der Waals surface area contributed by atoms with Gasteiger partial charge in [-0.15, -0.1) is 0 Å². The number of hydrogen-bond acceptors (Lipinski definition) is 6. The number of aryl methyl sites for hydroxylation is 1. The SMILES string of the molecule is Cc1ccc(NC(=O)c2cccc(C(C)(C)C#N)c2)cc1-n1cc(-c2cnccc2OCC(=O)N(C)C)cn1. The molecule has 0 saturated carbocycles. The van der Waals surface area contributed by atoms with Crippen molar-refractivity contribution in [3.8, 4) is 28.6 Å². The highest BCUT2D eigenvalue weighted by Gasteiger charge is 2.21. The third kappa shape index (κ3) is 6.13. The minimum absolute atomic E-state index is 0.0874. The highest BCUT2D eigenvalue weighted by atomic mass is 16.5. The molecule has 2 aromatic carbocycles. The Balaban J connectivity index is 1.57. The van der Waals surface area contributed by atoms with Gasteiger partial charge in [0, 0.05) is 55.1 Å². The van der Waals surface area contributed by atoms with E-state index >= 15 is 0 Å². The average Bonchev–Trinajstić information content (AvgIpc) is 3.42. The second-order valence-electron chi connectivity index (χ2n) is 9.90. The molecule has 2 aromatic heterocycles. The van der Waals surface area contributed by atoms with Gasteiger partial charge in [0.25, 0.3) is 11.8 Å². The summed E-state index contributed by atoms with van der Waals surface area (Å²) < 4.78 is 7.48. The van der Waals surface area contributed by atoms with Gasteiger partial charge in [0.05, 0.1) is 23.4 Å². The Hall–Kier alpha value is -4.97. The Morgan fingerprint density at radius 3 is 2.67 bits per heavy atom. The first kappa shape index (κ1) is 27.1. The number of nitrogens with zero attached hydrogens (tertiary/aromatic N) is 5. The van der Waals surface area contributed by atoms with E-state index < -0.39 is 5.41 Å². The molecular formula is C30H30N6O3. The third-order valence-electron chi connectivity index (χ3n) is 6.36. The number of benzene rings is 2. The van der Waals surface area contributed by atoms with E-state index in [0.717, 1.165) is 22.4 Å². The lowest BCUT2D eigenvalue weighted by molar-refractivity contribution is -0.130. The van der Waals surface area contributed by atoms with Crippen molar-refractivity contribution in [2.45, 2.75) is 26.2 Å². The fourth-order valence-corrected chi connectivity index (χ4v) is 3.84. The zero-order valence-corrected chi connectivity index (χ0v) is 22.6. The van der Waals surface area contributed by atoms with Gasteiger partial charge in [0.1, 0.15) is 5.75 Å². The molecule has 0 aliphatic carbocycles. The fourth-order valence-electron chi connectivity index (χ4n) is 3.84. The number of carbonyl (C=O) groups excluding carboxylic acids is 2. The predicted octanol–water partition coefficient (Wildman–Crippen LogP) is 4.76. The van der Waals surface area contributed by atoms with Crippen LogP contribution in [0.1, 0.15) is 35.3 Å². The maximum Gasteiger partial charge on any atom is 0.259 e. The van der Waals surface area contributed by atoms with Crippen molar-refractivity contribution in [3.05, 3.63) is 90.0 Å². The molecule has 0 aliphatic heterocycles. The molecule has 1 N–H and O–H groups in total. The van der Waals surface area contributed by atoms with Crippen molar-refractivity contribution < 1.29 is 14.3 Å².